The van der Waals surface area contributed by atoms with Crippen molar-refractivity contribution in [3.8, 4) is 16.9 Å². The summed E-state index contributed by atoms with van der Waals surface area (Å²) in [5, 5.41) is 17.1. The number of hydrogen-bond acceptors (Lipinski definition) is 6. The van der Waals surface area contributed by atoms with E-state index in [4.69, 9.17) is 9.15 Å². The summed E-state index contributed by atoms with van der Waals surface area (Å²) in [6, 6.07) is 4.89. The summed E-state index contributed by atoms with van der Waals surface area (Å²) >= 11 is 0. The van der Waals surface area contributed by atoms with E-state index in [1.165, 1.54) is 13.2 Å². The van der Waals surface area contributed by atoms with Crippen molar-refractivity contribution >= 4 is 5.97 Å². The SMILES string of the molecule is COc1cc(F)c(C(C)C)cc1-c1cncc(C(CC(=O)O)c2nnc(C)o2)c1. The molecule has 0 saturated carbocycles. The van der Waals surface area contributed by atoms with Crippen LogP contribution in [0.4, 0.5) is 4.39 Å². The molecular weight excluding hydrogens is 377 g/mol. The van der Waals surface area contributed by atoms with Crippen LogP contribution in [-0.4, -0.2) is 33.4 Å². The first-order valence-corrected chi connectivity index (χ1v) is 9.14. The Morgan fingerprint density at radius 3 is 2.59 bits per heavy atom. The molecule has 2 heterocycles. The number of aryl methyl sites for hydroxylation is 1. The molecular formula is C21H22FN3O4. The highest BCUT2D eigenvalue weighted by Gasteiger charge is 2.25. The van der Waals surface area contributed by atoms with Gasteiger partial charge < -0.3 is 14.3 Å². The predicted octanol–water partition coefficient (Wildman–Crippen LogP) is 4.32. The van der Waals surface area contributed by atoms with Crippen LogP contribution in [0.2, 0.25) is 0 Å². The second kappa shape index (κ2) is 8.38. The Labute approximate surface area is 167 Å². The molecule has 0 radical (unpaired) electrons. The lowest BCUT2D eigenvalue weighted by atomic mass is 9.92. The van der Waals surface area contributed by atoms with E-state index in [2.05, 4.69) is 15.2 Å². The second-order valence-corrected chi connectivity index (χ2v) is 7.05. The Morgan fingerprint density at radius 1 is 1.24 bits per heavy atom. The molecule has 3 rings (SSSR count). The Kier molecular flexibility index (Phi) is 5.91. The van der Waals surface area contributed by atoms with Gasteiger partial charge in [0.25, 0.3) is 0 Å². The fourth-order valence-corrected chi connectivity index (χ4v) is 3.18. The van der Waals surface area contributed by atoms with Gasteiger partial charge in [-0.15, -0.1) is 10.2 Å². The summed E-state index contributed by atoms with van der Waals surface area (Å²) in [5.74, 6) is -1.09. The number of methoxy groups -OCH3 is 1. The van der Waals surface area contributed by atoms with Crippen LogP contribution in [0.25, 0.3) is 11.1 Å². The van der Waals surface area contributed by atoms with Gasteiger partial charge in [0.05, 0.1) is 19.4 Å². The molecule has 0 saturated heterocycles. The standard InChI is InChI=1S/C21H22FN3O4/c1-11(2)15-6-16(19(28-4)8-18(15)22)13-5-14(10-23-9-13)17(7-20(26)27)21-25-24-12(3)29-21/h5-6,8-11,17H,7H2,1-4H3,(H,26,27). The van der Waals surface area contributed by atoms with E-state index >= 15 is 0 Å². The number of carboxylic acid groups (broad SMARTS) is 1. The molecule has 1 unspecified atom stereocenters. The minimum atomic E-state index is -1.00. The Bertz CT molecular complexity index is 1030. The normalized spacial score (nSPS) is 12.2. The highest BCUT2D eigenvalue weighted by molar-refractivity contribution is 5.72. The number of hydrogen-bond donors (Lipinski definition) is 1. The predicted molar refractivity (Wildman–Crippen MR) is 103 cm³/mol. The zero-order valence-electron chi connectivity index (χ0n) is 16.6. The monoisotopic (exact) mass is 399 g/mol. The summed E-state index contributed by atoms with van der Waals surface area (Å²) in [4.78, 5) is 15.7. The number of carboxylic acids is 1. The highest BCUT2D eigenvalue weighted by atomic mass is 19.1. The van der Waals surface area contributed by atoms with Crippen molar-refractivity contribution in [3.63, 3.8) is 0 Å². The molecule has 3 aromatic rings. The quantitative estimate of drug-likeness (QED) is 0.632. The van der Waals surface area contributed by atoms with E-state index in [9.17, 15) is 14.3 Å². The van der Waals surface area contributed by atoms with Crippen LogP contribution >= 0.6 is 0 Å². The van der Waals surface area contributed by atoms with Gasteiger partial charge in [-0.05, 0) is 29.2 Å². The number of halogens is 1. The lowest BCUT2D eigenvalue weighted by Gasteiger charge is -2.16. The minimum Gasteiger partial charge on any atom is -0.496 e. The van der Waals surface area contributed by atoms with E-state index in [-0.39, 0.29) is 24.0 Å². The Morgan fingerprint density at radius 2 is 2.00 bits per heavy atom. The van der Waals surface area contributed by atoms with Crippen molar-refractivity contribution in [1.29, 1.82) is 0 Å². The number of ether oxygens (including phenoxy) is 1. The van der Waals surface area contributed by atoms with E-state index in [1.54, 1.807) is 31.5 Å². The first-order chi connectivity index (χ1) is 13.8. The van der Waals surface area contributed by atoms with Gasteiger partial charge in [-0.1, -0.05) is 13.8 Å². The van der Waals surface area contributed by atoms with Gasteiger partial charge in [-0.2, -0.15) is 0 Å². The van der Waals surface area contributed by atoms with Crippen LogP contribution < -0.4 is 4.74 Å². The highest BCUT2D eigenvalue weighted by Crippen LogP contribution is 2.36. The van der Waals surface area contributed by atoms with E-state index in [0.717, 1.165) is 0 Å². The number of rotatable bonds is 7. The van der Waals surface area contributed by atoms with Gasteiger partial charge in [0, 0.05) is 36.5 Å². The summed E-state index contributed by atoms with van der Waals surface area (Å²) in [6.45, 7) is 5.45. The molecule has 7 nitrogen and oxygen atoms in total. The fourth-order valence-electron chi connectivity index (χ4n) is 3.18. The fraction of sp³-hybridized carbons (Fsp3) is 0.333. The van der Waals surface area contributed by atoms with Crippen LogP contribution in [0.5, 0.6) is 5.75 Å². The maximum Gasteiger partial charge on any atom is 0.304 e. The molecule has 8 heteroatoms. The third kappa shape index (κ3) is 4.42. The smallest absolute Gasteiger partial charge is 0.304 e. The third-order valence-corrected chi connectivity index (χ3v) is 4.63. The molecule has 1 aromatic carbocycles. The summed E-state index contributed by atoms with van der Waals surface area (Å²) in [7, 11) is 1.47. The molecule has 0 bridgehead atoms. The number of pyridine rings is 1. The zero-order chi connectivity index (χ0) is 21.1. The average Bonchev–Trinajstić information content (AvgIpc) is 3.11. The number of nitrogens with zero attached hydrogens (tertiary/aromatic N) is 3. The van der Waals surface area contributed by atoms with Crippen LogP contribution in [0, 0.1) is 12.7 Å². The van der Waals surface area contributed by atoms with Crippen LogP contribution in [0.1, 0.15) is 55.0 Å². The van der Waals surface area contributed by atoms with Gasteiger partial charge in [-0.3, -0.25) is 9.78 Å². The number of carbonyl (C=O) groups is 1. The first-order valence-electron chi connectivity index (χ1n) is 9.14. The molecule has 0 spiro atoms. The molecule has 0 aliphatic rings. The van der Waals surface area contributed by atoms with Crippen molar-refractivity contribution < 1.29 is 23.4 Å². The summed E-state index contributed by atoms with van der Waals surface area (Å²) in [5.41, 5.74) is 2.50. The molecule has 152 valence electrons. The van der Waals surface area contributed by atoms with E-state index in [0.29, 0.717) is 33.9 Å². The lowest BCUT2D eigenvalue weighted by molar-refractivity contribution is -0.137. The molecule has 2 aromatic heterocycles. The largest absolute Gasteiger partial charge is 0.496 e. The van der Waals surface area contributed by atoms with Gasteiger partial charge >= 0.3 is 5.97 Å². The van der Waals surface area contributed by atoms with Gasteiger partial charge in [0.2, 0.25) is 11.8 Å². The summed E-state index contributed by atoms with van der Waals surface area (Å²) < 4.78 is 25.2. The van der Waals surface area contributed by atoms with Crippen molar-refractivity contribution in [3.05, 3.63) is 59.3 Å². The molecule has 0 fully saturated rings. The molecule has 0 aliphatic heterocycles. The van der Waals surface area contributed by atoms with Gasteiger partial charge in [0.1, 0.15) is 11.6 Å². The average molecular weight is 399 g/mol. The molecule has 0 aliphatic carbocycles. The van der Waals surface area contributed by atoms with Crippen LogP contribution in [-0.2, 0) is 4.79 Å². The van der Waals surface area contributed by atoms with Gasteiger partial charge in [-0.25, -0.2) is 4.39 Å². The maximum atomic E-state index is 14.4. The van der Waals surface area contributed by atoms with Crippen molar-refractivity contribution in [2.24, 2.45) is 0 Å². The number of benzene rings is 1. The Balaban J connectivity index is 2.11. The summed E-state index contributed by atoms with van der Waals surface area (Å²) in [6.07, 6.45) is 2.96. The maximum absolute atomic E-state index is 14.4. The van der Waals surface area contributed by atoms with Gasteiger partial charge in [0.15, 0.2) is 0 Å². The van der Waals surface area contributed by atoms with Crippen LogP contribution in [0.3, 0.4) is 0 Å². The van der Waals surface area contributed by atoms with Crippen molar-refractivity contribution in [2.75, 3.05) is 7.11 Å². The zero-order valence-corrected chi connectivity index (χ0v) is 16.6. The van der Waals surface area contributed by atoms with E-state index < -0.39 is 11.9 Å². The van der Waals surface area contributed by atoms with Crippen molar-refractivity contribution in [2.45, 2.75) is 39.0 Å². The molecule has 29 heavy (non-hydrogen) atoms. The topological polar surface area (TPSA) is 98.3 Å². The number of aromatic nitrogens is 3. The molecule has 0 amide bonds. The second-order valence-electron chi connectivity index (χ2n) is 7.05. The van der Waals surface area contributed by atoms with Crippen molar-refractivity contribution in [1.82, 2.24) is 15.2 Å². The lowest BCUT2D eigenvalue weighted by Crippen LogP contribution is -2.09. The van der Waals surface area contributed by atoms with Crippen LogP contribution in [0.15, 0.2) is 35.0 Å². The first kappa shape index (κ1) is 20.4. The molecule has 1 N–H and O–H groups in total. The Hall–Kier alpha value is -3.29. The third-order valence-electron chi connectivity index (χ3n) is 4.63. The molecule has 1 atom stereocenters. The minimum absolute atomic E-state index is 0.0167. The number of aliphatic carboxylic acids is 1. The van der Waals surface area contributed by atoms with E-state index in [1.807, 2.05) is 13.8 Å².